The number of halogens is 1. The Morgan fingerprint density at radius 3 is 2.67 bits per heavy atom. The molecule has 2 atom stereocenters. The van der Waals surface area contributed by atoms with E-state index in [0.717, 1.165) is 86.0 Å². The lowest BCUT2D eigenvalue weighted by atomic mass is 9.79. The third-order valence-electron chi connectivity index (χ3n) is 10.7. The number of H-pyrrole nitrogens is 1. The van der Waals surface area contributed by atoms with Gasteiger partial charge in [0.15, 0.2) is 5.82 Å². The van der Waals surface area contributed by atoms with Gasteiger partial charge in [0.2, 0.25) is 0 Å². The number of aryl methyl sites for hydroxylation is 1. The molecule has 4 aliphatic rings. The van der Waals surface area contributed by atoms with Crippen molar-refractivity contribution in [3.8, 4) is 17.3 Å². The highest BCUT2D eigenvalue weighted by Gasteiger charge is 2.45. The number of benzene rings is 1. The molecule has 10 nitrogen and oxygen atoms in total. The van der Waals surface area contributed by atoms with Crippen LogP contribution in [0.1, 0.15) is 56.1 Å². The van der Waals surface area contributed by atoms with Crippen molar-refractivity contribution in [2.75, 3.05) is 44.2 Å². The van der Waals surface area contributed by atoms with E-state index in [1.165, 1.54) is 12.8 Å². The topological polar surface area (TPSA) is 115 Å². The molecule has 11 heteroatoms. The van der Waals surface area contributed by atoms with Crippen LogP contribution in [0.15, 0.2) is 18.5 Å². The molecule has 0 bridgehead atoms. The Morgan fingerprint density at radius 2 is 1.88 bits per heavy atom. The van der Waals surface area contributed by atoms with E-state index in [0.29, 0.717) is 24.2 Å². The lowest BCUT2D eigenvalue weighted by Gasteiger charge is -2.41. The number of pyridine rings is 1. The summed E-state index contributed by atoms with van der Waals surface area (Å²) in [5.41, 5.74) is 3.99. The van der Waals surface area contributed by atoms with E-state index in [1.807, 2.05) is 19.9 Å². The fraction of sp³-hybridized carbons (Fsp3) is 0.562. The molecule has 4 aromatic rings. The van der Waals surface area contributed by atoms with Crippen LogP contribution in [0.4, 0.5) is 10.2 Å². The quantitative estimate of drug-likeness (QED) is 0.316. The van der Waals surface area contributed by atoms with E-state index in [1.54, 1.807) is 12.4 Å². The third-order valence-corrected chi connectivity index (χ3v) is 10.7. The smallest absolute Gasteiger partial charge is 0.319 e. The predicted octanol–water partition coefficient (Wildman–Crippen LogP) is 4.23. The van der Waals surface area contributed by atoms with Gasteiger partial charge >= 0.3 is 6.01 Å². The van der Waals surface area contributed by atoms with Gasteiger partial charge in [0.05, 0.1) is 22.6 Å². The molecular weight excluding hydrogens is 547 g/mol. The Labute approximate surface area is 250 Å². The number of nitrogens with zero attached hydrogens (tertiary/aromatic N) is 6. The number of anilines is 1. The van der Waals surface area contributed by atoms with Crippen LogP contribution in [-0.4, -0.2) is 86.3 Å². The maximum atomic E-state index is 16.8. The number of aromatic nitrogens is 5. The van der Waals surface area contributed by atoms with E-state index in [-0.39, 0.29) is 28.2 Å². The number of aliphatic hydroxyl groups is 1. The maximum absolute atomic E-state index is 16.8. The number of piperidine rings is 1. The van der Waals surface area contributed by atoms with Gasteiger partial charge in [-0.15, -0.1) is 0 Å². The van der Waals surface area contributed by atoms with Crippen LogP contribution < -0.4 is 15.0 Å². The lowest BCUT2D eigenvalue weighted by Crippen LogP contribution is -2.45. The van der Waals surface area contributed by atoms with Crippen LogP contribution in [0.3, 0.4) is 0 Å². The first kappa shape index (κ1) is 27.2. The van der Waals surface area contributed by atoms with Gasteiger partial charge in [-0.25, -0.2) is 4.39 Å². The average molecular weight is 587 g/mol. The van der Waals surface area contributed by atoms with Crippen LogP contribution in [0.2, 0.25) is 0 Å². The minimum Gasteiger partial charge on any atom is -0.461 e. The first-order valence-corrected chi connectivity index (χ1v) is 15.7. The number of aromatic amines is 1. The van der Waals surface area contributed by atoms with Gasteiger partial charge in [-0.1, -0.05) is 0 Å². The monoisotopic (exact) mass is 586 g/mol. The normalized spacial score (nSPS) is 25.4. The summed E-state index contributed by atoms with van der Waals surface area (Å²) >= 11 is 0. The van der Waals surface area contributed by atoms with Gasteiger partial charge in [-0.3, -0.25) is 20.3 Å². The number of aliphatic hydroxyl groups excluding tert-OH is 1. The molecule has 1 spiro atoms. The summed E-state index contributed by atoms with van der Waals surface area (Å²) in [6.07, 6.45) is 10.2. The van der Waals surface area contributed by atoms with Gasteiger partial charge in [0.25, 0.3) is 0 Å². The fourth-order valence-corrected chi connectivity index (χ4v) is 8.38. The number of hydrogen-bond acceptors (Lipinski definition) is 9. The molecule has 0 saturated carbocycles. The highest BCUT2D eigenvalue weighted by molar-refractivity contribution is 5.99. The summed E-state index contributed by atoms with van der Waals surface area (Å²) in [4.78, 5) is 19.2. The molecule has 4 aliphatic heterocycles. The SMILES string of the molecule is Cc1cc2[nH]ncc2c(-c2ncc3c(N4CCCC5(CNC(O)C5)C4)nc(OCC45CCCN4CCC5)nc3c2F)c1C. The van der Waals surface area contributed by atoms with Crippen molar-refractivity contribution in [1.29, 1.82) is 0 Å². The molecule has 3 N–H and O–H groups in total. The Bertz CT molecular complexity index is 1710. The lowest BCUT2D eigenvalue weighted by molar-refractivity contribution is 0.107. The van der Waals surface area contributed by atoms with Gasteiger partial charge in [0.1, 0.15) is 29.9 Å². The molecule has 1 aromatic carbocycles. The second kappa shape index (κ2) is 10.1. The summed E-state index contributed by atoms with van der Waals surface area (Å²) in [6.45, 7) is 8.97. The Balaban J connectivity index is 1.25. The van der Waals surface area contributed by atoms with Crippen molar-refractivity contribution >= 4 is 27.6 Å². The molecule has 7 heterocycles. The van der Waals surface area contributed by atoms with Crippen molar-refractivity contribution in [2.24, 2.45) is 5.41 Å². The minimum atomic E-state index is -0.500. The summed E-state index contributed by atoms with van der Waals surface area (Å²) in [6, 6.07) is 2.24. The Morgan fingerprint density at radius 1 is 1.07 bits per heavy atom. The Kier molecular flexibility index (Phi) is 6.36. The van der Waals surface area contributed by atoms with Crippen molar-refractivity contribution in [3.05, 3.63) is 35.4 Å². The van der Waals surface area contributed by atoms with Gasteiger partial charge in [-0.05, 0) is 89.1 Å². The predicted molar refractivity (Wildman–Crippen MR) is 163 cm³/mol. The van der Waals surface area contributed by atoms with Crippen LogP contribution in [0.25, 0.3) is 33.1 Å². The standard InChI is InChI=1S/C32H39FN8O2/c1-19-12-23-21(15-36-39-23)25(20(19)2)28-26(33)27-22(14-34-28)29(40-9-3-6-31(17-40)13-24(42)35-16-31)38-30(37-27)43-18-32-7-4-10-41(32)11-5-8-32/h12,14-15,24,35,42H,3-11,13,16-18H2,1-2H3,(H,36,39). The molecule has 0 aliphatic carbocycles. The molecule has 8 rings (SSSR count). The van der Waals surface area contributed by atoms with Gasteiger partial charge in [0, 0.05) is 42.2 Å². The molecule has 43 heavy (non-hydrogen) atoms. The molecule has 4 saturated heterocycles. The molecule has 2 unspecified atom stereocenters. The van der Waals surface area contributed by atoms with Crippen molar-refractivity contribution in [1.82, 2.24) is 35.4 Å². The van der Waals surface area contributed by atoms with E-state index >= 15 is 4.39 Å². The molecule has 226 valence electrons. The maximum Gasteiger partial charge on any atom is 0.319 e. The molecule has 4 fully saturated rings. The Hall–Kier alpha value is -3.41. The van der Waals surface area contributed by atoms with E-state index in [4.69, 9.17) is 19.7 Å². The average Bonchev–Trinajstić information content (AvgIpc) is 3.78. The number of fused-ring (bicyclic) bond motifs is 3. The van der Waals surface area contributed by atoms with Gasteiger partial charge in [-0.2, -0.15) is 15.1 Å². The number of nitrogens with one attached hydrogen (secondary N) is 2. The minimum absolute atomic E-state index is 0.0207. The van der Waals surface area contributed by atoms with Crippen molar-refractivity contribution in [3.63, 3.8) is 0 Å². The van der Waals surface area contributed by atoms with E-state index in [9.17, 15) is 5.11 Å². The highest BCUT2D eigenvalue weighted by atomic mass is 19.1. The number of hydrogen-bond donors (Lipinski definition) is 3. The summed E-state index contributed by atoms with van der Waals surface area (Å²) < 4.78 is 23.2. The van der Waals surface area contributed by atoms with Gasteiger partial charge < -0.3 is 14.7 Å². The third kappa shape index (κ3) is 4.38. The summed E-state index contributed by atoms with van der Waals surface area (Å²) in [5.74, 6) is 0.174. The van der Waals surface area contributed by atoms with Crippen molar-refractivity contribution < 1.29 is 14.2 Å². The van der Waals surface area contributed by atoms with Crippen LogP contribution in [0.5, 0.6) is 6.01 Å². The molecule has 0 radical (unpaired) electrons. The van der Waals surface area contributed by atoms with Crippen LogP contribution >= 0.6 is 0 Å². The fourth-order valence-electron chi connectivity index (χ4n) is 8.38. The molecule has 0 amide bonds. The second-order valence-corrected chi connectivity index (χ2v) is 13.4. The summed E-state index contributed by atoms with van der Waals surface area (Å²) in [7, 11) is 0. The molecular formula is C32H39FN8O2. The first-order chi connectivity index (χ1) is 20.8. The van der Waals surface area contributed by atoms with E-state index in [2.05, 4.69) is 25.3 Å². The number of ether oxygens (including phenoxy) is 1. The first-order valence-electron chi connectivity index (χ1n) is 15.7. The second-order valence-electron chi connectivity index (χ2n) is 13.4. The summed E-state index contributed by atoms with van der Waals surface area (Å²) in [5, 5.41) is 22.2. The molecule has 3 aromatic heterocycles. The van der Waals surface area contributed by atoms with Crippen LogP contribution in [-0.2, 0) is 0 Å². The zero-order valence-corrected chi connectivity index (χ0v) is 24.9. The van der Waals surface area contributed by atoms with Crippen molar-refractivity contribution in [2.45, 2.75) is 70.6 Å². The van der Waals surface area contributed by atoms with E-state index < -0.39 is 12.0 Å². The zero-order valence-electron chi connectivity index (χ0n) is 24.9. The highest BCUT2D eigenvalue weighted by Crippen LogP contribution is 2.43. The zero-order chi connectivity index (χ0) is 29.3. The largest absolute Gasteiger partial charge is 0.461 e. The van der Waals surface area contributed by atoms with Crippen LogP contribution in [0, 0.1) is 25.1 Å². The number of rotatable bonds is 5.